The van der Waals surface area contributed by atoms with Gasteiger partial charge in [0.15, 0.2) is 0 Å². The van der Waals surface area contributed by atoms with E-state index in [1.54, 1.807) is 27.8 Å². The van der Waals surface area contributed by atoms with Gasteiger partial charge in [0.1, 0.15) is 0 Å². The first-order valence-electron chi connectivity index (χ1n) is 18.6. The zero-order valence-corrected chi connectivity index (χ0v) is 36.0. The van der Waals surface area contributed by atoms with Crippen LogP contribution in [0, 0.1) is 11.8 Å². The van der Waals surface area contributed by atoms with E-state index in [2.05, 4.69) is 157 Å². The van der Waals surface area contributed by atoms with E-state index < -0.39 is 0 Å². The average molecular weight is 821 g/mol. The molecule has 10 rings (SSSR count). The third-order valence-electron chi connectivity index (χ3n) is 11.3. The van der Waals surface area contributed by atoms with Gasteiger partial charge in [0.25, 0.3) is 0 Å². The Bertz CT molecular complexity index is 2520. The minimum atomic E-state index is 0. The number of fused-ring (bicyclic) bond motifs is 9. The van der Waals surface area contributed by atoms with Gasteiger partial charge >= 0.3 is 145 Å². The van der Waals surface area contributed by atoms with Crippen molar-refractivity contribution in [1.29, 1.82) is 0 Å². The van der Waals surface area contributed by atoms with Crippen molar-refractivity contribution >= 4 is 47.5 Å². The standard InChI is InChI=1S/C25H27.C21H14.C5H5.2ClH.Zr/c1-14-7-8-17-20(14)22-18(23-21(17)15(2)12-25(23,5)6)11-16-9-10-24(3,4)13-19(16)22;1-3-13-20-16(7-1)9-5-11-18(20)15-19-12-6-10-17-8-2-4-14-21(17)19;1-2-4-5-3-1;;;/h7-10,12H,11,13H2,1-6H3;1-14H;1-5H;2*1H;/q-1;;-1;;;+2/p-2. The average Bonchev–Trinajstić information content (AvgIpc) is 3.95. The van der Waals surface area contributed by atoms with Gasteiger partial charge in [-0.15, -0.1) is 5.56 Å². The Labute approximate surface area is 348 Å². The van der Waals surface area contributed by atoms with Gasteiger partial charge in [0, 0.05) is 0 Å². The summed E-state index contributed by atoms with van der Waals surface area (Å²) < 4.78 is 1.42. The molecular weight excluding hydrogens is 775 g/mol. The maximum absolute atomic E-state index is 2.48. The van der Waals surface area contributed by atoms with Gasteiger partial charge in [0.05, 0.1) is 0 Å². The zero-order valence-electron chi connectivity index (χ0n) is 32.0. The topological polar surface area (TPSA) is 0 Å². The van der Waals surface area contributed by atoms with Crippen molar-refractivity contribution in [3.63, 3.8) is 0 Å². The maximum atomic E-state index is 2.48. The molecule has 0 unspecified atom stereocenters. The van der Waals surface area contributed by atoms with Gasteiger partial charge in [-0.1, -0.05) is 75.1 Å². The molecule has 0 radical (unpaired) electrons. The summed E-state index contributed by atoms with van der Waals surface area (Å²) in [4.78, 5) is 0. The SMILES string of the molecule is CC1=CC=c2c1c1c(c3c2=C(C)[CH-]C3(C)C)CC2=C1CC(C)(C)C=C2.[Cl-].[Cl-].[Zr+2]=[C](c1cccc2ccccc12)c1cccc2ccccc12.c1cc[cH-]c1. The molecule has 0 aromatic heterocycles. The van der Waals surface area contributed by atoms with Gasteiger partial charge < -0.3 is 24.8 Å². The molecule has 0 heterocycles. The number of hydrogen-bond donors (Lipinski definition) is 0. The fourth-order valence-electron chi connectivity index (χ4n) is 9.02. The van der Waals surface area contributed by atoms with Crippen molar-refractivity contribution < 1.29 is 49.0 Å². The normalized spacial score (nSPS) is 16.1. The summed E-state index contributed by atoms with van der Waals surface area (Å²) in [6.07, 6.45) is 14.3. The van der Waals surface area contributed by atoms with Crippen LogP contribution in [-0.2, 0) is 36.1 Å². The van der Waals surface area contributed by atoms with Gasteiger partial charge in [-0.05, 0) is 53.0 Å². The molecule has 0 spiro atoms. The summed E-state index contributed by atoms with van der Waals surface area (Å²) >= 11 is 1.44. The van der Waals surface area contributed by atoms with Crippen molar-refractivity contribution in [2.75, 3.05) is 0 Å². The zero-order chi connectivity index (χ0) is 36.2. The van der Waals surface area contributed by atoms with E-state index in [1.807, 2.05) is 30.3 Å². The van der Waals surface area contributed by atoms with Crippen LogP contribution in [0.2, 0.25) is 0 Å². The summed E-state index contributed by atoms with van der Waals surface area (Å²) in [6, 6.07) is 40.4. The number of allylic oxidation sites excluding steroid dienone is 6. The Morgan fingerprint density at radius 3 is 1.83 bits per heavy atom. The van der Waals surface area contributed by atoms with Gasteiger partial charge in [-0.2, -0.15) is 23.4 Å². The smallest absolute Gasteiger partial charge is 0.172 e. The van der Waals surface area contributed by atoms with E-state index in [0.717, 1.165) is 12.8 Å². The predicted octanol–water partition coefficient (Wildman–Crippen LogP) is 5.37. The second-order valence-electron chi connectivity index (χ2n) is 16.0. The first kappa shape index (κ1) is 39.8. The summed E-state index contributed by atoms with van der Waals surface area (Å²) in [5.74, 6) is 0. The van der Waals surface area contributed by atoms with E-state index in [4.69, 9.17) is 0 Å². The van der Waals surface area contributed by atoms with Crippen LogP contribution in [0.15, 0.2) is 139 Å². The molecule has 0 fully saturated rings. The molecule has 0 atom stereocenters. The molecule has 0 N–H and O–H groups in total. The fourth-order valence-corrected chi connectivity index (χ4v) is 10.1. The monoisotopic (exact) mass is 818 g/mol. The minimum absolute atomic E-state index is 0. The van der Waals surface area contributed by atoms with Crippen LogP contribution in [0.5, 0.6) is 0 Å². The Hall–Kier alpha value is -3.87. The quantitative estimate of drug-likeness (QED) is 0.207. The van der Waals surface area contributed by atoms with E-state index >= 15 is 0 Å². The fraction of sp³-hybridized carbons (Fsp3) is 0.196. The van der Waals surface area contributed by atoms with Gasteiger partial charge in [-0.25, -0.2) is 24.1 Å². The molecule has 3 heteroatoms. The molecule has 54 heavy (non-hydrogen) atoms. The molecule has 6 aromatic carbocycles. The summed E-state index contributed by atoms with van der Waals surface area (Å²) in [6.45, 7) is 14.1. The summed E-state index contributed by atoms with van der Waals surface area (Å²) in [7, 11) is 0. The Morgan fingerprint density at radius 2 is 1.26 bits per heavy atom. The predicted molar refractivity (Wildman–Crippen MR) is 222 cm³/mol. The molecule has 0 saturated heterocycles. The van der Waals surface area contributed by atoms with E-state index in [1.165, 1.54) is 87.3 Å². The molecular formula is C51H46Cl2Zr-2. The summed E-state index contributed by atoms with van der Waals surface area (Å²) in [5, 5.41) is 8.29. The third kappa shape index (κ3) is 7.17. The number of benzene rings is 5. The molecule has 4 aliphatic carbocycles. The molecule has 0 aliphatic heterocycles. The van der Waals surface area contributed by atoms with Crippen molar-refractivity contribution in [2.45, 2.75) is 59.8 Å². The maximum Gasteiger partial charge on any atom is -0.172 e. The van der Waals surface area contributed by atoms with Crippen molar-refractivity contribution in [3.05, 3.63) is 189 Å². The molecule has 0 bridgehead atoms. The van der Waals surface area contributed by atoms with Crippen molar-refractivity contribution in [2.24, 2.45) is 5.41 Å². The largest absolute Gasteiger partial charge is 0.214 e. The second kappa shape index (κ2) is 15.7. The first-order chi connectivity index (χ1) is 25.0. The van der Waals surface area contributed by atoms with Crippen molar-refractivity contribution in [3.8, 4) is 0 Å². The van der Waals surface area contributed by atoms with Crippen LogP contribution in [0.4, 0.5) is 0 Å². The molecule has 0 amide bonds. The van der Waals surface area contributed by atoms with Crippen LogP contribution < -0.4 is 35.3 Å². The minimum Gasteiger partial charge on any atom is -0.214 e. The van der Waals surface area contributed by atoms with Gasteiger partial charge in [0.2, 0.25) is 0 Å². The van der Waals surface area contributed by atoms with Gasteiger partial charge in [-0.3, -0.25) is 0 Å². The molecule has 6 aromatic rings. The molecule has 0 nitrogen and oxygen atoms in total. The van der Waals surface area contributed by atoms with E-state index in [0.29, 0.717) is 0 Å². The van der Waals surface area contributed by atoms with E-state index in [-0.39, 0.29) is 35.6 Å². The van der Waals surface area contributed by atoms with Crippen LogP contribution in [0.3, 0.4) is 0 Å². The van der Waals surface area contributed by atoms with Crippen LogP contribution >= 0.6 is 0 Å². The van der Waals surface area contributed by atoms with Crippen LogP contribution in [0.25, 0.3) is 44.3 Å². The first-order valence-corrected chi connectivity index (χ1v) is 19.9. The summed E-state index contributed by atoms with van der Waals surface area (Å²) in [5.41, 5.74) is 15.5. The molecule has 0 saturated carbocycles. The number of rotatable bonds is 2. The third-order valence-corrected chi connectivity index (χ3v) is 12.6. The second-order valence-corrected chi connectivity index (χ2v) is 17.3. The Balaban J connectivity index is 0.000000159. The van der Waals surface area contributed by atoms with Crippen LogP contribution in [-0.4, -0.2) is 3.21 Å². The van der Waals surface area contributed by atoms with Crippen molar-refractivity contribution in [1.82, 2.24) is 0 Å². The number of halogens is 2. The molecule has 4 aliphatic rings. The van der Waals surface area contributed by atoms with E-state index in [9.17, 15) is 0 Å². The molecule has 270 valence electrons. The van der Waals surface area contributed by atoms with Crippen LogP contribution in [0.1, 0.15) is 81.3 Å². The Kier molecular flexibility index (Phi) is 11.6. The Morgan fingerprint density at radius 1 is 0.685 bits per heavy atom. The number of hydrogen-bond acceptors (Lipinski definition) is 0.